The van der Waals surface area contributed by atoms with E-state index in [4.69, 9.17) is 4.74 Å². The Balaban J connectivity index is 0.000000980. The molecule has 70 valence electrons. The molecule has 0 aliphatic carbocycles. The van der Waals surface area contributed by atoms with E-state index in [9.17, 15) is 12.9 Å². The van der Waals surface area contributed by atoms with Crippen LogP contribution in [0.15, 0.2) is 18.2 Å². The number of fused-ring (bicyclic) bond motifs is 1. The van der Waals surface area contributed by atoms with Gasteiger partial charge in [0.2, 0.25) is 0 Å². The number of rotatable bonds is 1. The molecule has 14 heavy (non-hydrogen) atoms. The van der Waals surface area contributed by atoms with Gasteiger partial charge in [-0.3, -0.25) is 0 Å². The van der Waals surface area contributed by atoms with Crippen LogP contribution in [0.4, 0.5) is 12.9 Å². The third-order valence-electron chi connectivity index (χ3n) is 2.12. The summed E-state index contributed by atoms with van der Waals surface area (Å²) in [5.74, 6) is 0. The molecule has 0 atom stereocenters. The zero-order chi connectivity index (χ0) is 9.47. The Kier molecular flexibility index (Phi) is 4.25. The first-order chi connectivity index (χ1) is 6.07. The van der Waals surface area contributed by atoms with Gasteiger partial charge in [0.15, 0.2) is 0 Å². The minimum absolute atomic E-state index is 0. The van der Waals surface area contributed by atoms with E-state index in [0.717, 1.165) is 11.6 Å². The van der Waals surface area contributed by atoms with E-state index in [1.807, 2.05) is 0 Å². The summed E-state index contributed by atoms with van der Waals surface area (Å²) in [4.78, 5) is 0. The van der Waals surface area contributed by atoms with Gasteiger partial charge >= 0.3 is 58.4 Å². The van der Waals surface area contributed by atoms with Crippen molar-refractivity contribution in [3.63, 3.8) is 0 Å². The van der Waals surface area contributed by atoms with Crippen molar-refractivity contribution in [2.75, 3.05) is 0 Å². The molecule has 0 saturated heterocycles. The van der Waals surface area contributed by atoms with Gasteiger partial charge in [0.05, 0.1) is 13.2 Å². The van der Waals surface area contributed by atoms with Gasteiger partial charge in [0.1, 0.15) is 0 Å². The molecule has 2 rings (SSSR count). The molecule has 0 bridgehead atoms. The van der Waals surface area contributed by atoms with Gasteiger partial charge in [-0.15, -0.1) is 5.46 Å². The third kappa shape index (κ3) is 2.62. The fourth-order valence-corrected chi connectivity index (χ4v) is 1.40. The standard InChI is InChI=1S/C8H7BF3O.K/c10-9(11,12)8-2-1-6-4-13-5-7(6)3-8;/h1-3H,4-5H2;/q-1;+1. The predicted octanol–water partition coefficient (Wildman–Crippen LogP) is -1.22. The molecule has 0 fully saturated rings. The van der Waals surface area contributed by atoms with Crippen molar-refractivity contribution in [2.45, 2.75) is 13.2 Å². The average molecular weight is 226 g/mol. The minimum atomic E-state index is -4.87. The molecule has 1 nitrogen and oxygen atoms in total. The van der Waals surface area contributed by atoms with Crippen LogP contribution >= 0.6 is 0 Å². The summed E-state index contributed by atoms with van der Waals surface area (Å²) in [5, 5.41) is 0. The second kappa shape index (κ2) is 4.67. The number of hydrogen-bond acceptors (Lipinski definition) is 1. The number of hydrogen-bond donors (Lipinski definition) is 0. The van der Waals surface area contributed by atoms with Crippen LogP contribution in [0.1, 0.15) is 11.1 Å². The second-order valence-corrected chi connectivity index (χ2v) is 3.10. The molecule has 1 aliphatic heterocycles. The van der Waals surface area contributed by atoms with E-state index in [2.05, 4.69) is 0 Å². The molecular formula is C8H7BF3KO. The van der Waals surface area contributed by atoms with Crippen molar-refractivity contribution in [3.05, 3.63) is 29.3 Å². The SMILES string of the molecule is F[B-](F)(F)c1ccc2c(c1)COC2.[K+]. The smallest absolute Gasteiger partial charge is 0.445 e. The van der Waals surface area contributed by atoms with Crippen LogP contribution in [-0.4, -0.2) is 6.98 Å². The van der Waals surface area contributed by atoms with Gasteiger partial charge in [-0.1, -0.05) is 18.2 Å². The van der Waals surface area contributed by atoms with E-state index in [0.29, 0.717) is 18.8 Å². The van der Waals surface area contributed by atoms with Crippen molar-refractivity contribution >= 4 is 12.4 Å². The second-order valence-electron chi connectivity index (χ2n) is 3.10. The Morgan fingerprint density at radius 1 is 1.07 bits per heavy atom. The van der Waals surface area contributed by atoms with Crippen LogP contribution in [0.3, 0.4) is 0 Å². The largest absolute Gasteiger partial charge is 1.00 e. The summed E-state index contributed by atoms with van der Waals surface area (Å²) in [5.41, 5.74) is 0.991. The van der Waals surface area contributed by atoms with Crippen molar-refractivity contribution in [1.29, 1.82) is 0 Å². The molecule has 0 radical (unpaired) electrons. The number of benzene rings is 1. The van der Waals surface area contributed by atoms with Crippen LogP contribution in [0.2, 0.25) is 0 Å². The Hall–Kier alpha value is 0.671. The first kappa shape index (κ1) is 12.7. The maximum absolute atomic E-state index is 12.3. The molecule has 1 aromatic rings. The fourth-order valence-electron chi connectivity index (χ4n) is 1.40. The molecule has 0 spiro atoms. The van der Waals surface area contributed by atoms with Gasteiger partial charge < -0.3 is 17.7 Å². The van der Waals surface area contributed by atoms with Crippen molar-refractivity contribution in [3.8, 4) is 0 Å². The van der Waals surface area contributed by atoms with Crippen LogP contribution in [-0.2, 0) is 18.0 Å². The van der Waals surface area contributed by atoms with Gasteiger partial charge in [0.25, 0.3) is 0 Å². The summed E-state index contributed by atoms with van der Waals surface area (Å²) in [6.07, 6.45) is 0. The first-order valence-electron chi connectivity index (χ1n) is 3.97. The third-order valence-corrected chi connectivity index (χ3v) is 2.12. The maximum atomic E-state index is 12.3. The van der Waals surface area contributed by atoms with Gasteiger partial charge in [-0.05, 0) is 11.1 Å². The molecule has 6 heteroatoms. The first-order valence-corrected chi connectivity index (χ1v) is 3.97. The normalized spacial score (nSPS) is 14.8. The molecule has 1 heterocycles. The van der Waals surface area contributed by atoms with Crippen molar-refractivity contribution < 1.29 is 69.1 Å². The van der Waals surface area contributed by atoms with E-state index in [-0.39, 0.29) is 51.4 Å². The molecule has 0 aromatic heterocycles. The topological polar surface area (TPSA) is 9.23 Å². The quantitative estimate of drug-likeness (QED) is 0.545. The average Bonchev–Trinajstić information content (AvgIpc) is 2.47. The van der Waals surface area contributed by atoms with Crippen LogP contribution in [0, 0.1) is 0 Å². The molecule has 0 unspecified atom stereocenters. The zero-order valence-corrected chi connectivity index (χ0v) is 10.9. The monoisotopic (exact) mass is 226 g/mol. The van der Waals surface area contributed by atoms with Crippen LogP contribution in [0.25, 0.3) is 0 Å². The summed E-state index contributed by atoms with van der Waals surface area (Å²) in [7, 11) is 0. The molecular weight excluding hydrogens is 219 g/mol. The molecule has 0 N–H and O–H groups in total. The summed E-state index contributed by atoms with van der Waals surface area (Å²) >= 11 is 0. The molecule has 1 aromatic carbocycles. The maximum Gasteiger partial charge on any atom is 1.00 e. The van der Waals surface area contributed by atoms with E-state index < -0.39 is 12.4 Å². The molecule has 0 saturated carbocycles. The van der Waals surface area contributed by atoms with Crippen LogP contribution in [0.5, 0.6) is 0 Å². The van der Waals surface area contributed by atoms with Gasteiger partial charge in [-0.2, -0.15) is 0 Å². The van der Waals surface area contributed by atoms with Gasteiger partial charge in [0, 0.05) is 0 Å². The van der Waals surface area contributed by atoms with Crippen molar-refractivity contribution in [1.82, 2.24) is 0 Å². The molecule has 1 aliphatic rings. The molecule has 0 amide bonds. The van der Waals surface area contributed by atoms with E-state index >= 15 is 0 Å². The Morgan fingerprint density at radius 3 is 2.36 bits per heavy atom. The minimum Gasteiger partial charge on any atom is -0.445 e. The predicted molar refractivity (Wildman–Crippen MR) is 43.6 cm³/mol. The summed E-state index contributed by atoms with van der Waals surface area (Å²) < 4.78 is 41.9. The Labute approximate surface area is 122 Å². The van der Waals surface area contributed by atoms with Crippen molar-refractivity contribution in [2.24, 2.45) is 0 Å². The van der Waals surface area contributed by atoms with E-state index in [1.54, 1.807) is 0 Å². The Bertz CT molecular complexity index is 340. The summed E-state index contributed by atoms with van der Waals surface area (Å²) in [6.45, 7) is -4.14. The van der Waals surface area contributed by atoms with E-state index in [1.165, 1.54) is 12.1 Å². The van der Waals surface area contributed by atoms with Gasteiger partial charge in [-0.25, -0.2) is 0 Å². The zero-order valence-electron chi connectivity index (χ0n) is 7.77. The summed E-state index contributed by atoms with van der Waals surface area (Å²) in [6, 6.07) is 3.79. The number of halogens is 3. The fraction of sp³-hybridized carbons (Fsp3) is 0.250. The Morgan fingerprint density at radius 2 is 1.71 bits per heavy atom. The number of ether oxygens (including phenoxy) is 1. The van der Waals surface area contributed by atoms with Crippen LogP contribution < -0.4 is 56.8 Å².